The zero-order valence-electron chi connectivity index (χ0n) is 35.0. The highest BCUT2D eigenvalue weighted by molar-refractivity contribution is 6.33. The van der Waals surface area contributed by atoms with Gasteiger partial charge in [0.15, 0.2) is 0 Å². The van der Waals surface area contributed by atoms with Crippen LogP contribution in [-0.4, -0.2) is 93.1 Å². The van der Waals surface area contributed by atoms with Crippen LogP contribution >= 0.6 is 11.6 Å². The Kier molecular flexibility index (Phi) is 10.9. The van der Waals surface area contributed by atoms with Crippen molar-refractivity contribution in [3.63, 3.8) is 0 Å². The molecule has 0 spiro atoms. The number of halogens is 1. The molecule has 0 aromatic heterocycles. The normalized spacial score (nSPS) is 36.9. The number of nitrogens with zero attached hydrogens (tertiary/aromatic N) is 2. The number of hydroxylamine groups is 1. The molecule has 1 unspecified atom stereocenters. The number of aliphatic carboxylic acids is 1. The van der Waals surface area contributed by atoms with Crippen molar-refractivity contribution in [1.29, 1.82) is 0 Å². The Hall–Kier alpha value is -3.43. The van der Waals surface area contributed by atoms with Gasteiger partial charge in [0, 0.05) is 31.5 Å². The molecule has 1 amide bonds. The molecule has 3 aliphatic carbocycles. The van der Waals surface area contributed by atoms with Gasteiger partial charge in [-0.2, -0.15) is 0 Å². The number of hydrogen-bond acceptors (Lipinski definition) is 12. The number of carbonyl (C=O) groups is 4. The van der Waals surface area contributed by atoms with Crippen molar-refractivity contribution in [3.8, 4) is 0 Å². The second-order valence-electron chi connectivity index (χ2n) is 19.2. The summed E-state index contributed by atoms with van der Waals surface area (Å²) in [6, 6.07) is 5.18. The summed E-state index contributed by atoms with van der Waals surface area (Å²) in [5.41, 5.74) is -8.83. The molecule has 316 valence electrons. The number of fused-ring (bicyclic) bond motifs is 4. The van der Waals surface area contributed by atoms with Crippen molar-refractivity contribution in [3.05, 3.63) is 40.4 Å². The molecule has 1 aromatic rings. The van der Waals surface area contributed by atoms with Gasteiger partial charge in [0.1, 0.15) is 11.7 Å². The second kappa shape index (κ2) is 14.4. The fourth-order valence-electron chi connectivity index (χ4n) is 11.2. The number of quaternary nitrogens is 1. The van der Waals surface area contributed by atoms with Crippen molar-refractivity contribution in [2.75, 3.05) is 18.7 Å². The summed E-state index contributed by atoms with van der Waals surface area (Å²) in [7, 11) is 1.50. The van der Waals surface area contributed by atoms with Crippen molar-refractivity contribution in [2.24, 2.45) is 29.6 Å². The molecule has 2 saturated carbocycles. The third-order valence-corrected chi connectivity index (χ3v) is 13.9. The van der Waals surface area contributed by atoms with Crippen molar-refractivity contribution >= 4 is 41.5 Å². The molecule has 1 aromatic carbocycles. The van der Waals surface area contributed by atoms with Crippen LogP contribution < -0.4 is 15.5 Å². The maximum Gasteiger partial charge on any atom is 0.510 e. The van der Waals surface area contributed by atoms with Gasteiger partial charge in [-0.15, -0.1) is 0 Å². The van der Waals surface area contributed by atoms with Crippen LogP contribution in [0, 0.1) is 29.6 Å². The number of para-hydroxylation sites is 1. The number of anilines is 1. The van der Waals surface area contributed by atoms with Gasteiger partial charge >= 0.3 is 18.1 Å². The van der Waals surface area contributed by atoms with Crippen LogP contribution in [0.3, 0.4) is 0 Å². The van der Waals surface area contributed by atoms with Gasteiger partial charge in [-0.25, -0.2) is 24.0 Å². The van der Waals surface area contributed by atoms with E-state index in [2.05, 4.69) is 12.2 Å². The highest BCUT2D eigenvalue weighted by Gasteiger charge is 2.88. The number of carbonyl (C=O) groups excluding carboxylic acids is 3. The minimum atomic E-state index is -2.71. The molecular weight excluding hydrogens is 758 g/mol. The van der Waals surface area contributed by atoms with Crippen molar-refractivity contribution in [2.45, 2.75) is 148 Å². The number of nitrogens with one attached hydrogen (secondary N) is 1. The van der Waals surface area contributed by atoms with Gasteiger partial charge in [0.25, 0.3) is 12.3 Å². The topological polar surface area (TPSA) is 184 Å². The quantitative estimate of drug-likeness (QED) is 0.166. The number of hydrogen-bond donors (Lipinski definition) is 3. The summed E-state index contributed by atoms with van der Waals surface area (Å²) in [6.07, 6.45) is -1.90. The number of likely N-dealkylation sites (tertiary alicyclic amines) is 1. The van der Waals surface area contributed by atoms with E-state index >= 15 is 4.79 Å². The molecule has 3 N–H and O–H groups in total. The Balaban J connectivity index is 1.73. The summed E-state index contributed by atoms with van der Waals surface area (Å²) in [4.78, 5) is 63.6. The molecule has 0 bridgehead atoms. The first-order chi connectivity index (χ1) is 26.3. The third kappa shape index (κ3) is 6.52. The summed E-state index contributed by atoms with van der Waals surface area (Å²) >= 11 is 6.81. The molecule has 15 heteroatoms. The van der Waals surface area contributed by atoms with Crippen LogP contribution in [0.5, 0.6) is 0 Å². The van der Waals surface area contributed by atoms with Crippen LogP contribution in [0.15, 0.2) is 29.8 Å². The van der Waals surface area contributed by atoms with Gasteiger partial charge in [0.05, 0.1) is 34.2 Å². The lowest BCUT2D eigenvalue weighted by Gasteiger charge is -2.64. The molecule has 2 heterocycles. The van der Waals surface area contributed by atoms with E-state index in [1.54, 1.807) is 66.7 Å². The standard InChI is InChI=1S/C42H60ClN3O11/c1-22-19-29-27(23(2)20-44-26-16-17-26)18-15-24(3)42(29,53)33(32(22)54-25(4)47)40(35(48)49)21-41(56-37(52)55-39(8,9)10)28-13-12-14-30(43)31(28)45(11)57-34(41)46(40,36(50)51)38(5,6)7/h12-14,19,23-24,26-27,29,32-34,44,53H,15-18,20-21H2,1-11H3,(H-,48,49,50,51)/t23-,24+,27-,29+,32-,33+,34+,40-,41+,42+,46?/m0/s1. The zero-order chi connectivity index (χ0) is 42.4. The van der Waals surface area contributed by atoms with Crippen LogP contribution in [0.1, 0.15) is 107 Å². The molecule has 0 radical (unpaired) electrons. The Morgan fingerprint density at radius 2 is 1.77 bits per heavy atom. The van der Waals surface area contributed by atoms with Gasteiger partial charge in [0.2, 0.25) is 11.1 Å². The number of ether oxygens (including phenoxy) is 3. The first-order valence-electron chi connectivity index (χ1n) is 20.1. The third-order valence-electron chi connectivity index (χ3n) is 13.6. The average molecular weight is 818 g/mol. The molecule has 14 nitrogen and oxygen atoms in total. The van der Waals surface area contributed by atoms with Crippen LogP contribution in [0.25, 0.3) is 0 Å². The summed E-state index contributed by atoms with van der Waals surface area (Å²) < 4.78 is 16.7. The minimum Gasteiger partial charge on any atom is -0.498 e. The molecular formula is C42H60ClN3O11. The number of rotatable bonds is 8. The highest BCUT2D eigenvalue weighted by atomic mass is 35.5. The molecule has 1 saturated heterocycles. The van der Waals surface area contributed by atoms with Gasteiger partial charge < -0.3 is 39.6 Å². The Morgan fingerprint density at radius 1 is 1.12 bits per heavy atom. The van der Waals surface area contributed by atoms with E-state index in [0.29, 0.717) is 31.0 Å². The number of carboxylic acids is 1. The second-order valence-corrected chi connectivity index (χ2v) is 19.7. The van der Waals surface area contributed by atoms with Crippen molar-refractivity contribution < 1.29 is 58.0 Å². The largest absolute Gasteiger partial charge is 0.510 e. The maximum atomic E-state index is 15.1. The van der Waals surface area contributed by atoms with E-state index < -0.39 is 93.1 Å². The van der Waals surface area contributed by atoms with E-state index in [-0.39, 0.29) is 28.1 Å². The average Bonchev–Trinajstić information content (AvgIpc) is 3.85. The summed E-state index contributed by atoms with van der Waals surface area (Å²) in [5.74, 6) is -5.52. The first kappa shape index (κ1) is 43.2. The Labute approximate surface area is 340 Å². The molecule has 3 fully saturated rings. The molecule has 11 atom stereocenters. The van der Waals surface area contributed by atoms with E-state index in [1.807, 2.05) is 13.0 Å². The van der Waals surface area contributed by atoms with E-state index in [9.17, 15) is 29.7 Å². The maximum absolute atomic E-state index is 15.1. The van der Waals surface area contributed by atoms with E-state index in [0.717, 1.165) is 12.8 Å². The fraction of sp³-hybridized carbons (Fsp3) is 0.714. The van der Waals surface area contributed by atoms with Crippen LogP contribution in [0.4, 0.5) is 15.3 Å². The lowest BCUT2D eigenvalue weighted by molar-refractivity contribution is -0.991. The van der Waals surface area contributed by atoms with Crippen LogP contribution in [0.2, 0.25) is 5.02 Å². The van der Waals surface area contributed by atoms with Crippen molar-refractivity contribution in [1.82, 2.24) is 5.32 Å². The lowest BCUT2D eigenvalue weighted by atomic mass is 9.48. The predicted molar refractivity (Wildman–Crippen MR) is 207 cm³/mol. The molecule has 2 aliphatic heterocycles. The van der Waals surface area contributed by atoms with E-state index in [1.165, 1.54) is 19.0 Å². The monoisotopic (exact) mass is 817 g/mol. The Bertz CT molecular complexity index is 1840. The summed E-state index contributed by atoms with van der Waals surface area (Å²) in [6.45, 7) is 17.0. The zero-order valence-corrected chi connectivity index (χ0v) is 35.8. The minimum absolute atomic E-state index is 0.0207. The highest BCUT2D eigenvalue weighted by Crippen LogP contribution is 2.69. The fourth-order valence-corrected chi connectivity index (χ4v) is 11.5. The first-order valence-corrected chi connectivity index (χ1v) is 20.5. The van der Waals surface area contributed by atoms with Gasteiger partial charge in [-0.3, -0.25) is 4.79 Å². The molecule has 5 aliphatic rings. The number of amides is 1. The predicted octanol–water partition coefficient (Wildman–Crippen LogP) is 5.67. The lowest BCUT2D eigenvalue weighted by Crippen LogP contribution is -2.86. The van der Waals surface area contributed by atoms with Gasteiger partial charge in [-0.05, 0) is 110 Å². The van der Waals surface area contributed by atoms with E-state index in [4.69, 9.17) is 30.6 Å². The van der Waals surface area contributed by atoms with Gasteiger partial charge in [-0.1, -0.05) is 43.7 Å². The molecule has 6 rings (SSSR count). The SMILES string of the molecule is CC(=O)O[C@H]1C(C)=C[C@@H]2[C@H]([C@@H](C)CNC3CC3)CC[C@@H](C)[C@]2(O)[C@H]1[C@]1(C(=O)O)C[C@@]2(OC(=O)OC(C)(C)C)c3cccc(Cl)c3N(C)O[C@H]2[N+]1(C(=O)[O-])C(C)(C)C. The Morgan fingerprint density at radius 3 is 2.32 bits per heavy atom. The summed E-state index contributed by atoms with van der Waals surface area (Å²) in [5, 5.41) is 45.8. The molecule has 57 heavy (non-hydrogen) atoms. The smallest absolute Gasteiger partial charge is 0.498 e. The number of esters is 1. The number of benzene rings is 1. The van der Waals surface area contributed by atoms with Crippen LogP contribution in [-0.2, 0) is 34.2 Å². The number of carboxylic acid groups (broad SMARTS) is 2. The number of aliphatic hydroxyl groups is 1.